The third kappa shape index (κ3) is 1.36. The lowest BCUT2D eigenvalue weighted by Crippen LogP contribution is -2.42. The summed E-state index contributed by atoms with van der Waals surface area (Å²) in [5.74, 6) is -0.101. The van der Waals surface area contributed by atoms with Gasteiger partial charge in [0.15, 0.2) is 0 Å². The number of Topliss-reactive ketones (excluding diaryl/α,β-unsaturated/α-hetero) is 1. The lowest BCUT2D eigenvalue weighted by atomic mass is 9.70. The highest BCUT2D eigenvalue weighted by molar-refractivity contribution is 7.85. The van der Waals surface area contributed by atoms with Crippen molar-refractivity contribution in [1.82, 2.24) is 0 Å². The summed E-state index contributed by atoms with van der Waals surface area (Å²) in [5, 5.41) is 0. The highest BCUT2D eigenvalue weighted by atomic mass is 32.2. The highest BCUT2D eigenvalue weighted by Crippen LogP contribution is 2.64. The lowest BCUT2D eigenvalue weighted by molar-refractivity contribution is -0.128. The van der Waals surface area contributed by atoms with Gasteiger partial charge in [0, 0.05) is 6.42 Å². The van der Waals surface area contributed by atoms with Crippen LogP contribution >= 0.6 is 0 Å². The molecule has 0 aromatic rings. The van der Waals surface area contributed by atoms with Gasteiger partial charge >= 0.3 is 0 Å². The third-order valence-corrected chi connectivity index (χ3v) is 5.43. The molecule has 0 radical (unpaired) electrons. The maximum atomic E-state index is 11.9. The zero-order valence-corrected chi connectivity index (χ0v) is 9.80. The van der Waals surface area contributed by atoms with E-state index >= 15 is 0 Å². The summed E-state index contributed by atoms with van der Waals surface area (Å²) in [6, 6.07) is 0. The van der Waals surface area contributed by atoms with Gasteiger partial charge in [-0.05, 0) is 24.2 Å². The molecule has 0 aliphatic heterocycles. The van der Waals surface area contributed by atoms with Crippen molar-refractivity contribution in [1.29, 1.82) is 0 Å². The van der Waals surface area contributed by atoms with Crippen molar-refractivity contribution >= 4 is 15.9 Å². The van der Waals surface area contributed by atoms with Crippen molar-refractivity contribution in [2.45, 2.75) is 33.1 Å². The predicted molar refractivity (Wildman–Crippen MR) is 55.0 cm³/mol. The van der Waals surface area contributed by atoms with E-state index in [9.17, 15) is 13.2 Å². The van der Waals surface area contributed by atoms with Crippen molar-refractivity contribution in [2.24, 2.45) is 16.7 Å². The van der Waals surface area contributed by atoms with Gasteiger partial charge in [-0.1, -0.05) is 13.8 Å². The van der Waals surface area contributed by atoms with Gasteiger partial charge < -0.3 is 0 Å². The molecular formula is C10H16O4S. The molecule has 5 heteroatoms. The van der Waals surface area contributed by atoms with Crippen LogP contribution in [0.5, 0.6) is 0 Å². The van der Waals surface area contributed by atoms with Crippen molar-refractivity contribution < 1.29 is 17.8 Å². The molecule has 0 heterocycles. The fourth-order valence-electron chi connectivity index (χ4n) is 3.42. The molecule has 2 aliphatic rings. The zero-order chi connectivity index (χ0) is 11.5. The first-order chi connectivity index (χ1) is 6.69. The van der Waals surface area contributed by atoms with E-state index in [1.54, 1.807) is 0 Å². The highest BCUT2D eigenvalue weighted by Gasteiger charge is 2.65. The van der Waals surface area contributed by atoms with Gasteiger partial charge in [-0.2, -0.15) is 8.42 Å². The van der Waals surface area contributed by atoms with Crippen LogP contribution in [0.15, 0.2) is 0 Å². The minimum Gasteiger partial charge on any atom is -0.299 e. The van der Waals surface area contributed by atoms with Crippen LogP contribution in [0.25, 0.3) is 0 Å². The van der Waals surface area contributed by atoms with Gasteiger partial charge in [0.25, 0.3) is 10.1 Å². The minimum absolute atomic E-state index is 0.0152. The van der Waals surface area contributed by atoms with Crippen LogP contribution < -0.4 is 0 Å². The topological polar surface area (TPSA) is 71.4 Å². The second-order valence-corrected chi connectivity index (χ2v) is 6.85. The molecule has 0 spiro atoms. The van der Waals surface area contributed by atoms with Gasteiger partial charge in [0.1, 0.15) is 5.78 Å². The zero-order valence-electron chi connectivity index (χ0n) is 8.99. The van der Waals surface area contributed by atoms with Gasteiger partial charge in [0.2, 0.25) is 0 Å². The number of hydrogen-bond acceptors (Lipinski definition) is 3. The maximum Gasteiger partial charge on any atom is 0.265 e. The van der Waals surface area contributed by atoms with E-state index in [4.69, 9.17) is 4.55 Å². The van der Waals surface area contributed by atoms with E-state index in [0.29, 0.717) is 12.8 Å². The smallest absolute Gasteiger partial charge is 0.265 e. The Morgan fingerprint density at radius 3 is 2.40 bits per heavy atom. The number of carbonyl (C=O) groups excluding carboxylic acids is 1. The molecule has 1 unspecified atom stereocenters. The summed E-state index contributed by atoms with van der Waals surface area (Å²) in [6.07, 6.45) is 1.97. The van der Waals surface area contributed by atoms with Crippen LogP contribution in [-0.4, -0.2) is 24.5 Å². The quantitative estimate of drug-likeness (QED) is 0.728. The average molecular weight is 232 g/mol. The van der Waals surface area contributed by atoms with Gasteiger partial charge in [0.05, 0.1) is 11.2 Å². The van der Waals surface area contributed by atoms with Crippen LogP contribution in [0, 0.1) is 16.7 Å². The van der Waals surface area contributed by atoms with E-state index < -0.39 is 21.3 Å². The molecule has 2 aliphatic carbocycles. The monoisotopic (exact) mass is 232 g/mol. The minimum atomic E-state index is -4.08. The first-order valence-corrected chi connectivity index (χ1v) is 6.78. The molecule has 86 valence electrons. The van der Waals surface area contributed by atoms with Crippen LogP contribution in [0.4, 0.5) is 0 Å². The second-order valence-electron chi connectivity index (χ2n) is 5.39. The second kappa shape index (κ2) is 2.83. The molecule has 2 rings (SSSR count). The van der Waals surface area contributed by atoms with E-state index in [2.05, 4.69) is 0 Å². The average Bonchev–Trinajstić information content (AvgIpc) is 2.34. The Bertz CT molecular complexity index is 409. The maximum absolute atomic E-state index is 11.9. The van der Waals surface area contributed by atoms with Crippen LogP contribution in [-0.2, 0) is 14.9 Å². The number of hydrogen-bond donors (Lipinski definition) is 1. The van der Waals surface area contributed by atoms with E-state index in [1.165, 1.54) is 0 Å². The first-order valence-electron chi connectivity index (χ1n) is 5.17. The molecule has 2 saturated carbocycles. The van der Waals surface area contributed by atoms with Crippen molar-refractivity contribution in [3.8, 4) is 0 Å². The van der Waals surface area contributed by atoms with Gasteiger partial charge in [-0.3, -0.25) is 9.35 Å². The van der Waals surface area contributed by atoms with E-state index in [0.717, 1.165) is 6.42 Å². The Morgan fingerprint density at radius 2 is 2.07 bits per heavy atom. The first kappa shape index (κ1) is 11.1. The van der Waals surface area contributed by atoms with Crippen LogP contribution in [0.1, 0.15) is 33.1 Å². The van der Waals surface area contributed by atoms with Crippen LogP contribution in [0.3, 0.4) is 0 Å². The van der Waals surface area contributed by atoms with Crippen molar-refractivity contribution in [2.75, 3.05) is 5.75 Å². The fraction of sp³-hybridized carbons (Fsp3) is 0.900. The Morgan fingerprint density at radius 1 is 1.47 bits per heavy atom. The summed E-state index contributed by atoms with van der Waals surface area (Å²) < 4.78 is 31.0. The Balaban J connectivity index is 2.45. The number of carbonyl (C=O) groups is 1. The lowest BCUT2D eigenvalue weighted by Gasteiger charge is -2.35. The molecule has 0 aromatic heterocycles. The summed E-state index contributed by atoms with van der Waals surface area (Å²) in [5.41, 5.74) is -1.12. The number of fused-ring (bicyclic) bond motifs is 2. The number of rotatable bonds is 2. The molecular weight excluding hydrogens is 216 g/mol. The van der Waals surface area contributed by atoms with Crippen molar-refractivity contribution in [3.05, 3.63) is 0 Å². The summed E-state index contributed by atoms with van der Waals surface area (Å²) in [6.45, 7) is 3.89. The molecule has 0 amide bonds. The largest absolute Gasteiger partial charge is 0.299 e. The van der Waals surface area contributed by atoms with Gasteiger partial charge in [-0.15, -0.1) is 0 Å². The Hall–Kier alpha value is -0.420. The van der Waals surface area contributed by atoms with Crippen molar-refractivity contribution in [3.63, 3.8) is 0 Å². The fourth-order valence-corrected chi connectivity index (χ4v) is 4.72. The van der Waals surface area contributed by atoms with E-state index in [-0.39, 0.29) is 17.1 Å². The Labute approximate surface area is 89.8 Å². The van der Waals surface area contributed by atoms with Crippen LogP contribution in [0.2, 0.25) is 0 Å². The van der Waals surface area contributed by atoms with E-state index in [1.807, 2.05) is 13.8 Å². The molecule has 15 heavy (non-hydrogen) atoms. The van der Waals surface area contributed by atoms with Gasteiger partial charge in [-0.25, -0.2) is 0 Å². The SMILES string of the molecule is CC1(C)[C@H]2CCC1(CS(=O)(=O)O)C(=O)C2. The molecule has 2 atom stereocenters. The summed E-state index contributed by atoms with van der Waals surface area (Å²) in [7, 11) is -4.08. The molecule has 0 aromatic carbocycles. The number of ketones is 1. The molecule has 2 bridgehead atoms. The molecule has 0 saturated heterocycles. The standard InChI is InChI=1S/C10H16O4S/c1-9(2)7-3-4-10(9,8(11)5-7)6-15(12,13)14/h7H,3-6H2,1-2H3,(H,12,13,14)/t7-,10?/m0/s1. The molecule has 4 nitrogen and oxygen atoms in total. The predicted octanol–water partition coefficient (Wildman–Crippen LogP) is 1.27. The third-order valence-electron chi connectivity index (χ3n) is 4.57. The Kier molecular flexibility index (Phi) is 2.09. The normalized spacial score (nSPS) is 38.6. The summed E-state index contributed by atoms with van der Waals surface area (Å²) >= 11 is 0. The molecule has 1 N–H and O–H groups in total. The molecule has 2 fully saturated rings. The summed E-state index contributed by atoms with van der Waals surface area (Å²) in [4.78, 5) is 11.9.